The topological polar surface area (TPSA) is 192 Å². The van der Waals surface area contributed by atoms with Crippen molar-refractivity contribution in [1.29, 1.82) is 0 Å². The summed E-state index contributed by atoms with van der Waals surface area (Å²) in [7, 11) is -5.03. The number of carbonyl (C=O) groups excluding carboxylic acids is 1. The van der Waals surface area contributed by atoms with Gasteiger partial charge in [-0.05, 0) is 77.0 Å². The first-order valence-corrected chi connectivity index (χ1v) is 22.3. The van der Waals surface area contributed by atoms with Crippen molar-refractivity contribution in [2.24, 2.45) is 0 Å². The Kier molecular flexibility index (Phi) is 31.2. The van der Waals surface area contributed by atoms with E-state index in [9.17, 15) is 39.8 Å². The Morgan fingerprint density at radius 3 is 1.61 bits per heavy atom. The lowest BCUT2D eigenvalue weighted by atomic mass is 9.85. The standard InChI is InChI=1S/C43H73O12P/c1-3-5-7-9-11-13-15-17-18-19-21-23-25-27-29-31-33-52-34-36(35-53-56(50,51)55-43-41(48)39(46)38(45)40(47)42(43)49)54-37(44)32-30-28-26-24-22-20-16-14-12-10-8-6-4-2/h5,7-8,10-11,13-14,16-18,21,23,36,38-43,45-49H,3-4,6,9,12,15,19-20,22,24-35H2,1-2H3,(H,50,51)/b7-5-,10-8-,13-11-,16-14-,18-17-,23-21-. The molecule has 0 aromatic heterocycles. The van der Waals surface area contributed by atoms with E-state index in [4.69, 9.17) is 18.5 Å². The Balaban J connectivity index is 2.49. The summed E-state index contributed by atoms with van der Waals surface area (Å²) in [6, 6.07) is 0. The van der Waals surface area contributed by atoms with Gasteiger partial charge >= 0.3 is 13.8 Å². The zero-order chi connectivity index (χ0) is 41.3. The first-order valence-electron chi connectivity index (χ1n) is 20.8. The molecule has 0 radical (unpaired) electrons. The second kappa shape index (κ2) is 33.7. The number of unbranched alkanes of at least 4 members (excludes halogenated alkanes) is 9. The summed E-state index contributed by atoms with van der Waals surface area (Å²) in [6.45, 7) is 3.95. The van der Waals surface area contributed by atoms with Crippen molar-refractivity contribution in [3.63, 3.8) is 0 Å². The molecule has 6 unspecified atom stereocenters. The molecule has 0 amide bonds. The molecule has 13 heteroatoms. The molecule has 0 aromatic carbocycles. The molecule has 1 aliphatic carbocycles. The van der Waals surface area contributed by atoms with E-state index >= 15 is 0 Å². The lowest BCUT2D eigenvalue weighted by Crippen LogP contribution is -2.64. The molecular formula is C43H73O12P. The normalized spacial score (nSPS) is 23.8. The van der Waals surface area contributed by atoms with Crippen molar-refractivity contribution in [2.45, 2.75) is 172 Å². The van der Waals surface area contributed by atoms with Crippen molar-refractivity contribution in [2.75, 3.05) is 19.8 Å². The predicted molar refractivity (Wildman–Crippen MR) is 221 cm³/mol. The van der Waals surface area contributed by atoms with Crippen LogP contribution in [0.1, 0.15) is 129 Å². The molecule has 6 atom stereocenters. The minimum Gasteiger partial charge on any atom is -0.457 e. The van der Waals surface area contributed by atoms with E-state index in [0.717, 1.165) is 103 Å². The Morgan fingerprint density at radius 1 is 0.589 bits per heavy atom. The summed E-state index contributed by atoms with van der Waals surface area (Å²) < 4.78 is 34.0. The number of ether oxygens (including phenoxy) is 2. The maximum atomic E-state index is 12.8. The van der Waals surface area contributed by atoms with Crippen LogP contribution in [0.25, 0.3) is 0 Å². The molecule has 12 nitrogen and oxygen atoms in total. The minimum atomic E-state index is -5.03. The van der Waals surface area contributed by atoms with E-state index in [0.29, 0.717) is 13.0 Å². The van der Waals surface area contributed by atoms with Crippen LogP contribution in [0.2, 0.25) is 0 Å². The second-order valence-corrected chi connectivity index (χ2v) is 15.5. The van der Waals surface area contributed by atoms with Gasteiger partial charge in [-0.3, -0.25) is 13.8 Å². The highest BCUT2D eigenvalue weighted by atomic mass is 31.2. The van der Waals surface area contributed by atoms with Crippen LogP contribution in [0.5, 0.6) is 0 Å². The van der Waals surface area contributed by atoms with E-state index in [1.54, 1.807) is 0 Å². The Morgan fingerprint density at radius 2 is 1.05 bits per heavy atom. The van der Waals surface area contributed by atoms with E-state index in [2.05, 4.69) is 86.8 Å². The number of aliphatic hydroxyl groups is 5. The summed E-state index contributed by atoms with van der Waals surface area (Å²) in [5, 5.41) is 50.0. The first-order chi connectivity index (χ1) is 27.0. The summed E-state index contributed by atoms with van der Waals surface area (Å²) in [4.78, 5) is 23.1. The smallest absolute Gasteiger partial charge is 0.457 e. The highest BCUT2D eigenvalue weighted by Gasteiger charge is 2.51. The third-order valence-corrected chi connectivity index (χ3v) is 10.0. The third-order valence-electron chi connectivity index (χ3n) is 9.04. The second-order valence-electron chi connectivity index (χ2n) is 14.1. The van der Waals surface area contributed by atoms with Gasteiger partial charge < -0.3 is 39.9 Å². The fourth-order valence-corrected chi connectivity index (χ4v) is 6.71. The van der Waals surface area contributed by atoms with Crippen LogP contribution in [0.4, 0.5) is 0 Å². The predicted octanol–water partition coefficient (Wildman–Crippen LogP) is 7.63. The maximum absolute atomic E-state index is 12.8. The first kappa shape index (κ1) is 51.8. The van der Waals surface area contributed by atoms with E-state index in [1.807, 2.05) is 0 Å². The number of phosphoric acid groups is 1. The molecule has 1 aliphatic rings. The van der Waals surface area contributed by atoms with Crippen molar-refractivity contribution in [1.82, 2.24) is 0 Å². The zero-order valence-electron chi connectivity index (χ0n) is 33.9. The molecule has 0 bridgehead atoms. The zero-order valence-corrected chi connectivity index (χ0v) is 34.8. The van der Waals surface area contributed by atoms with Gasteiger partial charge in [-0.15, -0.1) is 0 Å². The number of allylic oxidation sites excluding steroid dienone is 12. The van der Waals surface area contributed by atoms with Gasteiger partial charge in [-0.2, -0.15) is 0 Å². The van der Waals surface area contributed by atoms with Gasteiger partial charge in [-0.25, -0.2) is 4.57 Å². The van der Waals surface area contributed by atoms with Crippen LogP contribution >= 0.6 is 7.82 Å². The van der Waals surface area contributed by atoms with Gasteiger partial charge in [0.15, 0.2) is 0 Å². The largest absolute Gasteiger partial charge is 0.472 e. The van der Waals surface area contributed by atoms with Crippen molar-refractivity contribution in [3.8, 4) is 0 Å². The van der Waals surface area contributed by atoms with E-state index in [1.165, 1.54) is 0 Å². The van der Waals surface area contributed by atoms with Crippen molar-refractivity contribution in [3.05, 3.63) is 72.9 Å². The lowest BCUT2D eigenvalue weighted by Gasteiger charge is -2.41. The molecule has 0 aromatic rings. The van der Waals surface area contributed by atoms with Gasteiger partial charge in [0.25, 0.3) is 0 Å². The van der Waals surface area contributed by atoms with E-state index < -0.39 is 63.1 Å². The summed E-state index contributed by atoms with van der Waals surface area (Å²) in [6.07, 6.45) is 29.8. The Labute approximate surface area is 336 Å². The fourth-order valence-electron chi connectivity index (χ4n) is 5.73. The molecule has 0 saturated heterocycles. The molecule has 56 heavy (non-hydrogen) atoms. The van der Waals surface area contributed by atoms with Crippen LogP contribution in [-0.2, 0) is 27.9 Å². The highest BCUT2D eigenvalue weighted by Crippen LogP contribution is 2.47. The SMILES string of the molecule is CC/C=C\C/C=C\C/C=C\C/C=C\CCCCCOCC(COP(=O)(O)OC1C(O)C(O)C(O)C(O)C1O)OC(=O)CCCCCCC/C=C\C/C=C\CCC. The molecule has 1 fully saturated rings. The molecule has 322 valence electrons. The number of hydrogen-bond acceptors (Lipinski definition) is 11. The van der Waals surface area contributed by atoms with Crippen LogP contribution in [0.15, 0.2) is 72.9 Å². The number of esters is 1. The van der Waals surface area contributed by atoms with Gasteiger partial charge in [0, 0.05) is 13.0 Å². The molecule has 6 N–H and O–H groups in total. The van der Waals surface area contributed by atoms with Gasteiger partial charge in [-0.1, -0.05) is 119 Å². The summed E-state index contributed by atoms with van der Waals surface area (Å²) in [5.74, 6) is -0.508. The van der Waals surface area contributed by atoms with Gasteiger partial charge in [0.1, 0.15) is 42.7 Å². The monoisotopic (exact) mass is 812 g/mol. The Hall–Kier alpha value is -2.22. The number of phosphoric ester groups is 1. The van der Waals surface area contributed by atoms with Crippen LogP contribution < -0.4 is 0 Å². The van der Waals surface area contributed by atoms with Gasteiger partial charge in [0.2, 0.25) is 0 Å². The lowest BCUT2D eigenvalue weighted by molar-refractivity contribution is -0.220. The Bertz CT molecular complexity index is 1200. The summed E-state index contributed by atoms with van der Waals surface area (Å²) >= 11 is 0. The fraction of sp³-hybridized carbons (Fsp3) is 0.698. The number of rotatable bonds is 33. The van der Waals surface area contributed by atoms with Gasteiger partial charge in [0.05, 0.1) is 13.2 Å². The van der Waals surface area contributed by atoms with Crippen LogP contribution in [0, 0.1) is 0 Å². The molecule has 1 rings (SSSR count). The maximum Gasteiger partial charge on any atom is 0.472 e. The number of aliphatic hydroxyl groups excluding tert-OH is 5. The van der Waals surface area contributed by atoms with Crippen LogP contribution in [0.3, 0.4) is 0 Å². The highest BCUT2D eigenvalue weighted by molar-refractivity contribution is 7.47. The van der Waals surface area contributed by atoms with Crippen molar-refractivity contribution < 1.29 is 58.3 Å². The number of hydrogen-bond donors (Lipinski definition) is 6. The quantitative estimate of drug-likeness (QED) is 0.0165. The average Bonchev–Trinajstić information content (AvgIpc) is 3.18. The van der Waals surface area contributed by atoms with Crippen LogP contribution in [-0.4, -0.2) is 98.9 Å². The molecule has 0 aliphatic heterocycles. The van der Waals surface area contributed by atoms with Crippen molar-refractivity contribution >= 4 is 13.8 Å². The molecule has 1 saturated carbocycles. The van der Waals surface area contributed by atoms with E-state index in [-0.39, 0.29) is 13.0 Å². The molecular weight excluding hydrogens is 739 g/mol. The molecule has 0 heterocycles. The third kappa shape index (κ3) is 25.9. The average molecular weight is 813 g/mol. The minimum absolute atomic E-state index is 0.108. The number of carbonyl (C=O) groups is 1. The summed E-state index contributed by atoms with van der Waals surface area (Å²) in [5.41, 5.74) is 0. The molecule has 0 spiro atoms.